The monoisotopic (exact) mass is 278 g/mol. The maximum atomic E-state index is 11.8. The van der Waals surface area contributed by atoms with Gasteiger partial charge in [0.1, 0.15) is 0 Å². The highest BCUT2D eigenvalue weighted by molar-refractivity contribution is 5.96. The highest BCUT2D eigenvalue weighted by Crippen LogP contribution is 2.06. The number of amides is 2. The molecule has 1 rings (SSSR count). The van der Waals surface area contributed by atoms with Crippen LogP contribution in [0.25, 0.3) is 0 Å². The molecule has 0 fully saturated rings. The molecule has 1 aromatic carbocycles. The molecule has 0 aliphatic rings. The lowest BCUT2D eigenvalue weighted by atomic mass is 10.0. The van der Waals surface area contributed by atoms with E-state index in [1.165, 1.54) is 0 Å². The average Bonchev–Trinajstić information content (AvgIpc) is 2.36. The van der Waals surface area contributed by atoms with E-state index in [1.807, 2.05) is 32.9 Å². The molecule has 3 N–H and O–H groups in total. The third kappa shape index (κ3) is 5.40. The van der Waals surface area contributed by atoms with E-state index in [2.05, 4.69) is 10.6 Å². The molecule has 0 saturated heterocycles. The van der Waals surface area contributed by atoms with Crippen LogP contribution in [0.2, 0.25) is 0 Å². The van der Waals surface area contributed by atoms with Gasteiger partial charge in [-0.2, -0.15) is 0 Å². The molecule has 0 aliphatic heterocycles. The standard InChI is InChI=1S/C15H22N2O3/c1-11-4-6-12(7-5-11)14(20)16-10-13(19)17-15(2,3)8-9-18/h4-7,18H,8-10H2,1-3H3,(H,16,20)(H,17,19). The van der Waals surface area contributed by atoms with Crippen LogP contribution in [0.1, 0.15) is 36.2 Å². The molecule has 2 amide bonds. The number of aryl methyl sites for hydroxylation is 1. The van der Waals surface area contributed by atoms with Gasteiger partial charge in [0.2, 0.25) is 5.91 Å². The molecule has 110 valence electrons. The van der Waals surface area contributed by atoms with Gasteiger partial charge in [-0.15, -0.1) is 0 Å². The summed E-state index contributed by atoms with van der Waals surface area (Å²) < 4.78 is 0. The summed E-state index contributed by atoms with van der Waals surface area (Å²) in [4.78, 5) is 23.5. The van der Waals surface area contributed by atoms with Crippen LogP contribution in [0.4, 0.5) is 0 Å². The van der Waals surface area contributed by atoms with Crippen LogP contribution < -0.4 is 10.6 Å². The summed E-state index contributed by atoms with van der Waals surface area (Å²) in [5.41, 5.74) is 1.11. The summed E-state index contributed by atoms with van der Waals surface area (Å²) >= 11 is 0. The third-order valence-corrected chi connectivity index (χ3v) is 2.94. The average molecular weight is 278 g/mol. The van der Waals surface area contributed by atoms with Crippen LogP contribution in [-0.4, -0.2) is 35.6 Å². The second-order valence-corrected chi connectivity index (χ2v) is 5.45. The molecule has 5 heteroatoms. The number of nitrogens with one attached hydrogen (secondary N) is 2. The smallest absolute Gasteiger partial charge is 0.251 e. The summed E-state index contributed by atoms with van der Waals surface area (Å²) in [5.74, 6) is -0.552. The van der Waals surface area contributed by atoms with Crippen molar-refractivity contribution in [2.24, 2.45) is 0 Å². The normalized spacial score (nSPS) is 11.0. The van der Waals surface area contributed by atoms with Crippen molar-refractivity contribution in [1.82, 2.24) is 10.6 Å². The van der Waals surface area contributed by atoms with Crippen molar-refractivity contribution < 1.29 is 14.7 Å². The van der Waals surface area contributed by atoms with E-state index in [1.54, 1.807) is 12.1 Å². The van der Waals surface area contributed by atoms with Gasteiger partial charge < -0.3 is 15.7 Å². The molecule has 0 aromatic heterocycles. The van der Waals surface area contributed by atoms with Crippen molar-refractivity contribution in [1.29, 1.82) is 0 Å². The Kier molecular flexibility index (Phi) is 5.70. The molecular formula is C15H22N2O3. The Labute approximate surface area is 119 Å². The Morgan fingerprint density at radius 3 is 2.35 bits per heavy atom. The van der Waals surface area contributed by atoms with E-state index in [0.29, 0.717) is 12.0 Å². The van der Waals surface area contributed by atoms with E-state index in [0.717, 1.165) is 5.56 Å². The van der Waals surface area contributed by atoms with Crippen LogP contribution >= 0.6 is 0 Å². The van der Waals surface area contributed by atoms with Gasteiger partial charge in [0, 0.05) is 17.7 Å². The fourth-order valence-corrected chi connectivity index (χ4v) is 1.73. The number of benzene rings is 1. The molecule has 1 aromatic rings. The fourth-order valence-electron chi connectivity index (χ4n) is 1.73. The largest absolute Gasteiger partial charge is 0.396 e. The molecule has 0 radical (unpaired) electrons. The molecule has 0 spiro atoms. The number of aliphatic hydroxyl groups excluding tert-OH is 1. The van der Waals surface area contributed by atoms with Gasteiger partial charge >= 0.3 is 0 Å². The van der Waals surface area contributed by atoms with Gasteiger partial charge in [-0.3, -0.25) is 9.59 Å². The van der Waals surface area contributed by atoms with Crippen LogP contribution in [-0.2, 0) is 4.79 Å². The number of rotatable bonds is 6. The van der Waals surface area contributed by atoms with Crippen LogP contribution in [0.15, 0.2) is 24.3 Å². The SMILES string of the molecule is Cc1ccc(C(=O)NCC(=O)NC(C)(C)CCO)cc1. The lowest BCUT2D eigenvalue weighted by molar-refractivity contribution is -0.121. The third-order valence-electron chi connectivity index (χ3n) is 2.94. The second-order valence-electron chi connectivity index (χ2n) is 5.45. The maximum Gasteiger partial charge on any atom is 0.251 e. The first kappa shape index (κ1) is 16.2. The Morgan fingerprint density at radius 2 is 1.80 bits per heavy atom. The fraction of sp³-hybridized carbons (Fsp3) is 0.467. The number of carbonyl (C=O) groups is 2. The zero-order chi connectivity index (χ0) is 15.2. The molecule has 0 bridgehead atoms. The number of hydrogen-bond donors (Lipinski definition) is 3. The lowest BCUT2D eigenvalue weighted by Crippen LogP contribution is -2.48. The minimum Gasteiger partial charge on any atom is -0.396 e. The summed E-state index contributed by atoms with van der Waals surface area (Å²) in [6, 6.07) is 7.13. The number of aliphatic hydroxyl groups is 1. The Bertz CT molecular complexity index is 467. The minimum atomic E-state index is -0.486. The van der Waals surface area contributed by atoms with E-state index >= 15 is 0 Å². The van der Waals surface area contributed by atoms with Crippen LogP contribution in [0, 0.1) is 6.92 Å². The predicted octanol–water partition coefficient (Wildman–Crippen LogP) is 1.00. The van der Waals surface area contributed by atoms with E-state index in [4.69, 9.17) is 5.11 Å². The van der Waals surface area contributed by atoms with Crippen molar-refractivity contribution >= 4 is 11.8 Å². The van der Waals surface area contributed by atoms with Crippen molar-refractivity contribution in [3.63, 3.8) is 0 Å². The van der Waals surface area contributed by atoms with Crippen molar-refractivity contribution in [2.45, 2.75) is 32.7 Å². The van der Waals surface area contributed by atoms with Gasteiger partial charge in [-0.25, -0.2) is 0 Å². The van der Waals surface area contributed by atoms with Crippen molar-refractivity contribution in [2.75, 3.05) is 13.2 Å². The maximum absolute atomic E-state index is 11.8. The first-order valence-electron chi connectivity index (χ1n) is 6.61. The highest BCUT2D eigenvalue weighted by Gasteiger charge is 2.19. The summed E-state index contributed by atoms with van der Waals surface area (Å²) in [5, 5.41) is 14.2. The summed E-state index contributed by atoms with van der Waals surface area (Å²) in [7, 11) is 0. The van der Waals surface area contributed by atoms with Gasteiger partial charge in [-0.1, -0.05) is 17.7 Å². The quantitative estimate of drug-likeness (QED) is 0.726. The highest BCUT2D eigenvalue weighted by atomic mass is 16.3. The second kappa shape index (κ2) is 7.05. The molecule has 20 heavy (non-hydrogen) atoms. The van der Waals surface area contributed by atoms with E-state index in [9.17, 15) is 9.59 Å². The summed E-state index contributed by atoms with van der Waals surface area (Å²) in [6.45, 7) is 5.51. The first-order chi connectivity index (χ1) is 9.34. The zero-order valence-electron chi connectivity index (χ0n) is 12.2. The predicted molar refractivity (Wildman–Crippen MR) is 77.4 cm³/mol. The molecular weight excluding hydrogens is 256 g/mol. The number of carbonyl (C=O) groups excluding carboxylic acids is 2. The Balaban J connectivity index is 2.45. The van der Waals surface area contributed by atoms with E-state index < -0.39 is 5.54 Å². The van der Waals surface area contributed by atoms with Crippen LogP contribution in [0.5, 0.6) is 0 Å². The first-order valence-corrected chi connectivity index (χ1v) is 6.61. The minimum absolute atomic E-state index is 0.00298. The van der Waals surface area contributed by atoms with Gasteiger partial charge in [0.25, 0.3) is 5.91 Å². The zero-order valence-corrected chi connectivity index (χ0v) is 12.2. The van der Waals surface area contributed by atoms with Gasteiger partial charge in [0.05, 0.1) is 6.54 Å². The summed E-state index contributed by atoms with van der Waals surface area (Å²) in [6.07, 6.45) is 0.463. The number of hydrogen-bond acceptors (Lipinski definition) is 3. The van der Waals surface area contributed by atoms with E-state index in [-0.39, 0.29) is 25.0 Å². The molecule has 0 saturated carbocycles. The Morgan fingerprint density at radius 1 is 1.20 bits per heavy atom. The lowest BCUT2D eigenvalue weighted by Gasteiger charge is -2.25. The van der Waals surface area contributed by atoms with Crippen LogP contribution in [0.3, 0.4) is 0 Å². The molecule has 0 atom stereocenters. The molecule has 0 aliphatic carbocycles. The topological polar surface area (TPSA) is 78.4 Å². The Hall–Kier alpha value is -1.88. The van der Waals surface area contributed by atoms with Crippen molar-refractivity contribution in [3.05, 3.63) is 35.4 Å². The molecule has 5 nitrogen and oxygen atoms in total. The van der Waals surface area contributed by atoms with Crippen molar-refractivity contribution in [3.8, 4) is 0 Å². The molecule has 0 unspecified atom stereocenters. The van der Waals surface area contributed by atoms with Gasteiger partial charge in [-0.05, 0) is 39.3 Å². The van der Waals surface area contributed by atoms with Gasteiger partial charge in [0.15, 0.2) is 0 Å². The molecule has 0 heterocycles.